The van der Waals surface area contributed by atoms with Crippen LogP contribution in [0.25, 0.3) is 0 Å². The van der Waals surface area contributed by atoms with Gasteiger partial charge in [-0.1, -0.05) is 17.7 Å². The highest BCUT2D eigenvalue weighted by molar-refractivity contribution is 5.41. The van der Waals surface area contributed by atoms with E-state index in [4.69, 9.17) is 10.5 Å². The van der Waals surface area contributed by atoms with Crippen molar-refractivity contribution in [1.29, 1.82) is 0 Å². The third kappa shape index (κ3) is 2.76. The Kier molecular flexibility index (Phi) is 3.43. The molecule has 3 rings (SSSR count). The van der Waals surface area contributed by atoms with Crippen molar-refractivity contribution in [3.8, 4) is 5.75 Å². The molecular weight excluding hydrogens is 279 g/mol. The number of benzene rings is 1. The minimum Gasteiger partial charge on any atom is -0.487 e. The molecular formula is C16H20F3NO. The summed E-state index contributed by atoms with van der Waals surface area (Å²) >= 11 is 0. The lowest BCUT2D eigenvalue weighted by Crippen LogP contribution is -2.47. The van der Waals surface area contributed by atoms with Gasteiger partial charge in [0, 0.05) is 18.0 Å². The third-order valence-electron chi connectivity index (χ3n) is 4.84. The Morgan fingerprint density at radius 1 is 1.24 bits per heavy atom. The molecule has 1 aromatic carbocycles. The zero-order chi connectivity index (χ0) is 15.3. The van der Waals surface area contributed by atoms with Crippen LogP contribution in [0, 0.1) is 12.8 Å². The fourth-order valence-corrected chi connectivity index (χ4v) is 3.61. The number of ether oxygens (including phenoxy) is 1. The number of rotatable bonds is 0. The lowest BCUT2D eigenvalue weighted by atomic mass is 9.73. The van der Waals surface area contributed by atoms with Crippen LogP contribution in [-0.4, -0.2) is 11.8 Å². The Bertz CT molecular complexity index is 533. The summed E-state index contributed by atoms with van der Waals surface area (Å²) < 4.78 is 44.5. The number of aryl methyl sites for hydroxylation is 1. The van der Waals surface area contributed by atoms with Gasteiger partial charge in [0.15, 0.2) is 0 Å². The fraction of sp³-hybridized carbons (Fsp3) is 0.625. The third-order valence-corrected chi connectivity index (χ3v) is 4.84. The molecule has 0 aromatic heterocycles. The van der Waals surface area contributed by atoms with Gasteiger partial charge in [0.25, 0.3) is 0 Å². The van der Waals surface area contributed by atoms with Crippen LogP contribution < -0.4 is 10.5 Å². The largest absolute Gasteiger partial charge is 0.487 e. The number of hydrogen-bond acceptors (Lipinski definition) is 2. The summed E-state index contributed by atoms with van der Waals surface area (Å²) in [5, 5.41) is 0. The first-order chi connectivity index (χ1) is 9.79. The lowest BCUT2D eigenvalue weighted by molar-refractivity contribution is -0.191. The highest BCUT2D eigenvalue weighted by atomic mass is 19.4. The SMILES string of the molecule is Cc1ccc2c(c1)C(N)CC1(CCC(C(F)(F)F)CC1)O2. The molecule has 1 heterocycles. The first kappa shape index (κ1) is 14.7. The number of nitrogens with two attached hydrogens (primary N) is 1. The zero-order valence-corrected chi connectivity index (χ0v) is 12.0. The van der Waals surface area contributed by atoms with Gasteiger partial charge < -0.3 is 10.5 Å². The van der Waals surface area contributed by atoms with Gasteiger partial charge in [0.05, 0.1) is 5.92 Å². The topological polar surface area (TPSA) is 35.2 Å². The van der Waals surface area contributed by atoms with Crippen molar-refractivity contribution in [2.24, 2.45) is 11.7 Å². The quantitative estimate of drug-likeness (QED) is 0.776. The van der Waals surface area contributed by atoms with E-state index in [0.717, 1.165) is 16.9 Å². The van der Waals surface area contributed by atoms with Crippen molar-refractivity contribution in [2.45, 2.75) is 56.8 Å². The number of alkyl halides is 3. The Balaban J connectivity index is 1.79. The molecule has 0 saturated heterocycles. The smallest absolute Gasteiger partial charge is 0.391 e. The Hall–Kier alpha value is -1.23. The minimum absolute atomic E-state index is 0.136. The Morgan fingerprint density at radius 3 is 2.52 bits per heavy atom. The normalized spacial score (nSPS) is 32.6. The summed E-state index contributed by atoms with van der Waals surface area (Å²) in [6.07, 6.45) is -2.35. The lowest BCUT2D eigenvalue weighted by Gasteiger charge is -2.45. The van der Waals surface area contributed by atoms with Gasteiger partial charge in [-0.2, -0.15) is 13.2 Å². The molecule has 2 N–H and O–H groups in total. The first-order valence-electron chi connectivity index (χ1n) is 7.41. The maximum absolute atomic E-state index is 12.8. The van der Waals surface area contributed by atoms with Crippen molar-refractivity contribution >= 4 is 0 Å². The molecule has 1 fully saturated rings. The fourth-order valence-electron chi connectivity index (χ4n) is 3.61. The van der Waals surface area contributed by atoms with Gasteiger partial charge in [0.1, 0.15) is 11.4 Å². The summed E-state index contributed by atoms with van der Waals surface area (Å²) in [6, 6.07) is 5.69. The van der Waals surface area contributed by atoms with Crippen molar-refractivity contribution in [3.05, 3.63) is 29.3 Å². The molecule has 1 atom stereocenters. The molecule has 1 saturated carbocycles. The standard InChI is InChI=1S/C16H20F3NO/c1-10-2-3-14-12(8-10)13(20)9-15(21-14)6-4-11(5-7-15)16(17,18)19/h2-3,8,11,13H,4-7,9,20H2,1H3. The molecule has 0 bridgehead atoms. The summed E-state index contributed by atoms with van der Waals surface area (Å²) in [7, 11) is 0. The van der Waals surface area contributed by atoms with E-state index in [0.29, 0.717) is 19.3 Å². The Morgan fingerprint density at radius 2 is 1.90 bits per heavy atom. The second-order valence-electron chi connectivity index (χ2n) is 6.45. The van der Waals surface area contributed by atoms with E-state index in [1.807, 2.05) is 25.1 Å². The van der Waals surface area contributed by atoms with E-state index in [9.17, 15) is 13.2 Å². The van der Waals surface area contributed by atoms with Gasteiger partial charge >= 0.3 is 6.18 Å². The van der Waals surface area contributed by atoms with Gasteiger partial charge in [0.2, 0.25) is 0 Å². The van der Waals surface area contributed by atoms with Crippen molar-refractivity contribution < 1.29 is 17.9 Å². The van der Waals surface area contributed by atoms with Crippen molar-refractivity contribution in [3.63, 3.8) is 0 Å². The summed E-state index contributed by atoms with van der Waals surface area (Å²) in [5.41, 5.74) is 7.81. The molecule has 2 aliphatic rings. The number of fused-ring (bicyclic) bond motifs is 1. The zero-order valence-electron chi connectivity index (χ0n) is 12.0. The molecule has 116 valence electrons. The van der Waals surface area contributed by atoms with E-state index in [2.05, 4.69) is 0 Å². The number of halogens is 3. The van der Waals surface area contributed by atoms with Gasteiger partial charge in [-0.3, -0.25) is 0 Å². The van der Waals surface area contributed by atoms with Crippen molar-refractivity contribution in [2.75, 3.05) is 0 Å². The molecule has 0 radical (unpaired) electrons. The number of hydrogen-bond donors (Lipinski definition) is 1. The molecule has 1 aliphatic heterocycles. The van der Waals surface area contributed by atoms with Gasteiger partial charge in [-0.05, 0) is 38.7 Å². The maximum atomic E-state index is 12.8. The minimum atomic E-state index is -4.09. The predicted molar refractivity (Wildman–Crippen MR) is 74.1 cm³/mol. The van der Waals surface area contributed by atoms with E-state index < -0.39 is 17.7 Å². The Labute approximate surface area is 122 Å². The molecule has 1 unspecified atom stereocenters. The molecule has 21 heavy (non-hydrogen) atoms. The summed E-state index contributed by atoms with van der Waals surface area (Å²) in [5.74, 6) is -0.452. The second-order valence-corrected chi connectivity index (χ2v) is 6.45. The van der Waals surface area contributed by atoms with Crippen LogP contribution in [0.4, 0.5) is 13.2 Å². The van der Waals surface area contributed by atoms with Crippen LogP contribution >= 0.6 is 0 Å². The molecule has 5 heteroatoms. The van der Waals surface area contributed by atoms with E-state index in [1.165, 1.54) is 0 Å². The van der Waals surface area contributed by atoms with Crippen LogP contribution in [0.3, 0.4) is 0 Å². The molecule has 1 aromatic rings. The van der Waals surface area contributed by atoms with E-state index >= 15 is 0 Å². The summed E-state index contributed by atoms with van der Waals surface area (Å²) in [4.78, 5) is 0. The molecule has 1 spiro atoms. The summed E-state index contributed by atoms with van der Waals surface area (Å²) in [6.45, 7) is 1.99. The van der Waals surface area contributed by atoms with Crippen LogP contribution in [0.2, 0.25) is 0 Å². The van der Waals surface area contributed by atoms with E-state index in [-0.39, 0.29) is 18.9 Å². The molecule has 2 nitrogen and oxygen atoms in total. The van der Waals surface area contributed by atoms with Crippen LogP contribution in [-0.2, 0) is 0 Å². The molecule has 0 amide bonds. The molecule has 1 aliphatic carbocycles. The van der Waals surface area contributed by atoms with E-state index in [1.54, 1.807) is 0 Å². The average molecular weight is 299 g/mol. The first-order valence-corrected chi connectivity index (χ1v) is 7.41. The maximum Gasteiger partial charge on any atom is 0.391 e. The monoisotopic (exact) mass is 299 g/mol. The van der Waals surface area contributed by atoms with Crippen LogP contribution in [0.1, 0.15) is 49.3 Å². The van der Waals surface area contributed by atoms with Crippen LogP contribution in [0.15, 0.2) is 18.2 Å². The highest BCUT2D eigenvalue weighted by Crippen LogP contribution is 2.49. The second kappa shape index (κ2) is 4.90. The van der Waals surface area contributed by atoms with Gasteiger partial charge in [-0.25, -0.2) is 0 Å². The highest BCUT2D eigenvalue weighted by Gasteiger charge is 2.48. The van der Waals surface area contributed by atoms with Crippen molar-refractivity contribution in [1.82, 2.24) is 0 Å². The average Bonchev–Trinajstić information content (AvgIpc) is 2.39. The van der Waals surface area contributed by atoms with Crippen LogP contribution in [0.5, 0.6) is 5.75 Å². The van der Waals surface area contributed by atoms with Gasteiger partial charge in [-0.15, -0.1) is 0 Å². The predicted octanol–water partition coefficient (Wildman–Crippen LogP) is 4.27.